The van der Waals surface area contributed by atoms with Crippen molar-refractivity contribution >= 4 is 23.2 Å². The summed E-state index contributed by atoms with van der Waals surface area (Å²) in [5.74, 6) is 0.390. The second-order valence-electron chi connectivity index (χ2n) is 4.56. The molecule has 0 fully saturated rings. The Morgan fingerprint density at radius 2 is 2.47 bits per heavy atom. The fourth-order valence-electron chi connectivity index (χ4n) is 2.02. The number of nitrogens with two attached hydrogens (primary N) is 1. The number of rotatable bonds is 4. The first-order valence-electron chi connectivity index (χ1n) is 6.57. The molecule has 1 amide bonds. The highest BCUT2D eigenvalue weighted by Crippen LogP contribution is 2.23. The number of aliphatic imine (C=N–C) groups is 1. The van der Waals surface area contributed by atoms with Crippen LogP contribution in [0.2, 0.25) is 0 Å². The topological polar surface area (TPSA) is 70.7 Å². The molecule has 104 valence electrons. The van der Waals surface area contributed by atoms with Crippen LogP contribution in [0.3, 0.4) is 0 Å². The lowest BCUT2D eigenvalue weighted by molar-refractivity contribution is -0.130. The first kappa shape index (κ1) is 13.9. The van der Waals surface area contributed by atoms with Gasteiger partial charge in [0, 0.05) is 24.5 Å². The highest BCUT2D eigenvalue weighted by Gasteiger charge is 2.20. The average Bonchev–Trinajstić information content (AvgIpc) is 2.89. The van der Waals surface area contributed by atoms with E-state index in [0.29, 0.717) is 12.5 Å². The van der Waals surface area contributed by atoms with Crippen LogP contribution in [0, 0.1) is 0 Å². The summed E-state index contributed by atoms with van der Waals surface area (Å²) in [5, 5.41) is 5.05. The fraction of sp³-hybridized carbons (Fsp3) is 0.538. The number of nitrogens with one attached hydrogen (secondary N) is 1. The molecule has 0 aromatic carbocycles. The van der Waals surface area contributed by atoms with Gasteiger partial charge in [0.2, 0.25) is 5.91 Å². The molecule has 0 bridgehead atoms. The largest absolute Gasteiger partial charge is 0.370 e. The predicted octanol–water partition coefficient (Wildman–Crippen LogP) is 0.947. The maximum Gasteiger partial charge on any atom is 0.244 e. The number of carbonyl (C=O) groups is 1. The molecule has 0 aliphatic carbocycles. The van der Waals surface area contributed by atoms with E-state index in [-0.39, 0.29) is 12.5 Å². The van der Waals surface area contributed by atoms with Crippen LogP contribution in [-0.2, 0) is 17.8 Å². The molecule has 0 saturated carbocycles. The third kappa shape index (κ3) is 3.70. The van der Waals surface area contributed by atoms with Crippen LogP contribution in [0.25, 0.3) is 0 Å². The molecule has 1 aromatic heterocycles. The van der Waals surface area contributed by atoms with Crippen molar-refractivity contribution in [1.82, 2.24) is 10.2 Å². The van der Waals surface area contributed by atoms with E-state index >= 15 is 0 Å². The Bertz CT molecular complexity index is 469. The first-order chi connectivity index (χ1) is 9.20. The van der Waals surface area contributed by atoms with E-state index in [9.17, 15) is 4.79 Å². The summed E-state index contributed by atoms with van der Waals surface area (Å²) in [6.07, 6.45) is 1.93. The smallest absolute Gasteiger partial charge is 0.244 e. The van der Waals surface area contributed by atoms with E-state index < -0.39 is 0 Å². The summed E-state index contributed by atoms with van der Waals surface area (Å²) in [7, 11) is 0. The van der Waals surface area contributed by atoms with Crippen LogP contribution in [-0.4, -0.2) is 36.4 Å². The van der Waals surface area contributed by atoms with Crippen molar-refractivity contribution in [1.29, 1.82) is 0 Å². The summed E-state index contributed by atoms with van der Waals surface area (Å²) in [4.78, 5) is 19.4. The molecule has 1 aromatic rings. The highest BCUT2D eigenvalue weighted by atomic mass is 32.1. The van der Waals surface area contributed by atoms with Crippen LogP contribution in [0.1, 0.15) is 23.8 Å². The number of nitrogens with zero attached hydrogens (tertiary/aromatic N) is 2. The summed E-state index contributed by atoms with van der Waals surface area (Å²) in [6.45, 7) is 4.45. The van der Waals surface area contributed by atoms with Crippen LogP contribution in [0.15, 0.2) is 16.4 Å². The Morgan fingerprint density at radius 3 is 3.26 bits per heavy atom. The van der Waals surface area contributed by atoms with E-state index in [0.717, 1.165) is 25.9 Å². The average molecular weight is 280 g/mol. The SMILES string of the molecule is CCCNC(N)=NCC(=O)N1CCc2sccc2C1. The second-order valence-corrected chi connectivity index (χ2v) is 5.56. The molecule has 1 aliphatic rings. The molecular weight excluding hydrogens is 260 g/mol. The van der Waals surface area contributed by atoms with Crippen molar-refractivity contribution in [3.8, 4) is 0 Å². The van der Waals surface area contributed by atoms with E-state index in [1.54, 1.807) is 11.3 Å². The Kier molecular flexibility index (Phi) is 4.79. The third-order valence-corrected chi connectivity index (χ3v) is 4.12. The molecule has 5 nitrogen and oxygen atoms in total. The molecule has 0 spiro atoms. The summed E-state index contributed by atoms with van der Waals surface area (Å²) >= 11 is 1.77. The van der Waals surface area contributed by atoms with Gasteiger partial charge in [-0.1, -0.05) is 6.92 Å². The number of guanidine groups is 1. The summed E-state index contributed by atoms with van der Waals surface area (Å²) in [6, 6.07) is 2.10. The van der Waals surface area contributed by atoms with Gasteiger partial charge in [0.25, 0.3) is 0 Å². The summed E-state index contributed by atoms with van der Waals surface area (Å²) in [5.41, 5.74) is 6.94. The van der Waals surface area contributed by atoms with E-state index in [1.165, 1.54) is 10.4 Å². The van der Waals surface area contributed by atoms with Crippen LogP contribution < -0.4 is 11.1 Å². The number of amides is 1. The minimum absolute atomic E-state index is 0.0399. The Labute approximate surface area is 117 Å². The van der Waals surface area contributed by atoms with E-state index in [4.69, 9.17) is 5.73 Å². The molecule has 6 heteroatoms. The number of fused-ring (bicyclic) bond motifs is 1. The molecule has 0 radical (unpaired) electrons. The summed E-state index contributed by atoms with van der Waals surface area (Å²) < 4.78 is 0. The van der Waals surface area contributed by atoms with Crippen molar-refractivity contribution in [3.05, 3.63) is 21.9 Å². The van der Waals surface area contributed by atoms with Crippen molar-refractivity contribution in [2.45, 2.75) is 26.3 Å². The Balaban J connectivity index is 1.85. The molecule has 19 heavy (non-hydrogen) atoms. The van der Waals surface area contributed by atoms with Crippen LogP contribution in [0.4, 0.5) is 0 Å². The molecule has 0 atom stereocenters. The molecule has 3 N–H and O–H groups in total. The van der Waals surface area contributed by atoms with Crippen molar-refractivity contribution in [2.24, 2.45) is 10.7 Å². The van der Waals surface area contributed by atoms with Crippen molar-refractivity contribution in [2.75, 3.05) is 19.6 Å². The zero-order chi connectivity index (χ0) is 13.7. The molecule has 1 aliphatic heterocycles. The molecule has 2 rings (SSSR count). The molecule has 2 heterocycles. The molecule has 0 saturated heterocycles. The lowest BCUT2D eigenvalue weighted by Gasteiger charge is -2.26. The minimum Gasteiger partial charge on any atom is -0.370 e. The number of hydrogen-bond donors (Lipinski definition) is 2. The van der Waals surface area contributed by atoms with Crippen molar-refractivity contribution in [3.63, 3.8) is 0 Å². The number of carbonyl (C=O) groups excluding carboxylic acids is 1. The number of hydrogen-bond acceptors (Lipinski definition) is 3. The van der Waals surface area contributed by atoms with Gasteiger partial charge in [0.15, 0.2) is 5.96 Å². The zero-order valence-electron chi connectivity index (χ0n) is 11.2. The van der Waals surface area contributed by atoms with Gasteiger partial charge in [0.05, 0.1) is 0 Å². The van der Waals surface area contributed by atoms with Gasteiger partial charge in [-0.05, 0) is 29.9 Å². The van der Waals surface area contributed by atoms with E-state index in [1.807, 2.05) is 4.90 Å². The second kappa shape index (κ2) is 6.56. The maximum atomic E-state index is 12.0. The molecule has 0 unspecified atom stereocenters. The highest BCUT2D eigenvalue weighted by molar-refractivity contribution is 7.10. The van der Waals surface area contributed by atoms with Crippen molar-refractivity contribution < 1.29 is 4.79 Å². The van der Waals surface area contributed by atoms with Crippen LogP contribution >= 0.6 is 11.3 Å². The maximum absolute atomic E-state index is 12.0. The first-order valence-corrected chi connectivity index (χ1v) is 7.45. The third-order valence-electron chi connectivity index (χ3n) is 3.10. The lowest BCUT2D eigenvalue weighted by Crippen LogP contribution is -2.38. The fourth-order valence-corrected chi connectivity index (χ4v) is 2.91. The lowest BCUT2D eigenvalue weighted by atomic mass is 10.1. The Hall–Kier alpha value is -1.56. The van der Waals surface area contributed by atoms with Gasteiger partial charge in [-0.15, -0.1) is 11.3 Å². The van der Waals surface area contributed by atoms with Gasteiger partial charge < -0.3 is 16.0 Å². The van der Waals surface area contributed by atoms with Gasteiger partial charge in [-0.25, -0.2) is 4.99 Å². The quantitative estimate of drug-likeness (QED) is 0.637. The Morgan fingerprint density at radius 1 is 1.63 bits per heavy atom. The van der Waals surface area contributed by atoms with E-state index in [2.05, 4.69) is 28.7 Å². The normalized spacial score (nSPS) is 15.2. The van der Waals surface area contributed by atoms with Gasteiger partial charge >= 0.3 is 0 Å². The van der Waals surface area contributed by atoms with Crippen LogP contribution in [0.5, 0.6) is 0 Å². The van der Waals surface area contributed by atoms with Gasteiger partial charge in [-0.2, -0.15) is 0 Å². The predicted molar refractivity (Wildman–Crippen MR) is 78.2 cm³/mol. The monoisotopic (exact) mass is 280 g/mol. The number of thiophene rings is 1. The standard InChI is InChI=1S/C13H20N4OS/c1-2-5-15-13(14)16-8-12(18)17-6-3-11-10(9-17)4-7-19-11/h4,7H,2-3,5-6,8-9H2,1H3,(H3,14,15,16). The molecular formula is C13H20N4OS. The van der Waals surface area contributed by atoms with Gasteiger partial charge in [-0.3, -0.25) is 4.79 Å². The zero-order valence-corrected chi connectivity index (χ0v) is 12.0. The minimum atomic E-state index is 0.0399. The van der Waals surface area contributed by atoms with Gasteiger partial charge in [0.1, 0.15) is 6.54 Å².